The Labute approximate surface area is 336 Å². The molecule has 0 bridgehead atoms. The highest BCUT2D eigenvalue weighted by atomic mass is 15.2. The van der Waals surface area contributed by atoms with Gasteiger partial charge in [0.15, 0.2) is 0 Å². The van der Waals surface area contributed by atoms with Crippen LogP contribution in [-0.2, 0) is 6.42 Å². The molecule has 9 rings (SSSR count). The number of benzene rings is 6. The van der Waals surface area contributed by atoms with E-state index in [1.807, 2.05) is 31.5 Å². The number of hydrogen-bond acceptors (Lipinski definition) is 4. The summed E-state index contributed by atoms with van der Waals surface area (Å²) in [5, 5.41) is 7.25. The van der Waals surface area contributed by atoms with Gasteiger partial charge in [-0.2, -0.15) is 0 Å². The molecular weight excluding hydrogens is 693 g/mol. The predicted octanol–water partition coefficient (Wildman–Crippen LogP) is 14.1. The number of allylic oxidation sites excluding steroid dienone is 4. The Bertz CT molecular complexity index is 2810. The first-order valence-electron chi connectivity index (χ1n) is 20.2. The fourth-order valence-electron chi connectivity index (χ4n) is 9.12. The van der Waals surface area contributed by atoms with E-state index in [0.717, 1.165) is 40.5 Å². The topological polar surface area (TPSA) is 31.7 Å². The zero-order chi connectivity index (χ0) is 39.2. The van der Waals surface area contributed by atoms with Gasteiger partial charge in [0.25, 0.3) is 0 Å². The van der Waals surface area contributed by atoms with Crippen molar-refractivity contribution in [3.05, 3.63) is 186 Å². The van der Waals surface area contributed by atoms with E-state index in [4.69, 9.17) is 9.98 Å². The number of aromatic nitrogens is 1. The third-order valence-corrected chi connectivity index (χ3v) is 11.6. The molecule has 2 aliphatic carbocycles. The minimum atomic E-state index is -0.118. The van der Waals surface area contributed by atoms with E-state index in [1.165, 1.54) is 60.3 Å². The van der Waals surface area contributed by atoms with Crippen LogP contribution in [0.25, 0.3) is 43.5 Å². The average molecular weight is 741 g/mol. The lowest BCUT2D eigenvalue weighted by Crippen LogP contribution is -2.37. The van der Waals surface area contributed by atoms with Crippen LogP contribution in [-0.4, -0.2) is 17.2 Å². The Kier molecular flexibility index (Phi) is 9.42. The molecule has 0 saturated carbocycles. The lowest BCUT2D eigenvalue weighted by atomic mass is 9.72. The molecule has 4 nitrogen and oxygen atoms in total. The molecule has 0 aliphatic heterocycles. The molecule has 0 radical (unpaired) electrons. The summed E-state index contributed by atoms with van der Waals surface area (Å²) >= 11 is 0. The molecule has 280 valence electrons. The van der Waals surface area contributed by atoms with Crippen LogP contribution in [0.1, 0.15) is 62.8 Å². The quantitative estimate of drug-likeness (QED) is 0.103. The van der Waals surface area contributed by atoms with Gasteiger partial charge in [0.1, 0.15) is 11.6 Å². The first-order chi connectivity index (χ1) is 27.9. The Morgan fingerprint density at radius 2 is 1.51 bits per heavy atom. The minimum absolute atomic E-state index is 0.118. The van der Waals surface area contributed by atoms with Crippen LogP contribution >= 0.6 is 0 Å². The molecule has 7 aromatic rings. The molecule has 57 heavy (non-hydrogen) atoms. The van der Waals surface area contributed by atoms with Crippen molar-refractivity contribution >= 4 is 72.6 Å². The second-order valence-corrected chi connectivity index (χ2v) is 15.7. The van der Waals surface area contributed by atoms with E-state index < -0.39 is 0 Å². The van der Waals surface area contributed by atoms with E-state index in [-0.39, 0.29) is 6.04 Å². The second kappa shape index (κ2) is 14.9. The molecule has 0 amide bonds. The summed E-state index contributed by atoms with van der Waals surface area (Å²) in [6, 6.07) is 43.8. The van der Waals surface area contributed by atoms with Crippen LogP contribution in [0.5, 0.6) is 0 Å². The zero-order valence-corrected chi connectivity index (χ0v) is 33.4. The normalized spacial score (nSPS) is 15.1. The van der Waals surface area contributed by atoms with Crippen molar-refractivity contribution in [2.24, 2.45) is 10.9 Å². The van der Waals surface area contributed by atoms with Crippen molar-refractivity contribution in [1.82, 2.24) is 4.98 Å². The Morgan fingerprint density at radius 3 is 2.26 bits per heavy atom. The Morgan fingerprint density at radius 1 is 0.772 bits per heavy atom. The molecule has 4 heteroatoms. The van der Waals surface area contributed by atoms with E-state index in [1.54, 1.807) is 0 Å². The molecule has 1 atom stereocenters. The van der Waals surface area contributed by atoms with Crippen LogP contribution in [0.4, 0.5) is 22.9 Å². The molecule has 6 aromatic carbocycles. The number of anilines is 4. The lowest BCUT2D eigenvalue weighted by Gasteiger charge is -2.41. The van der Waals surface area contributed by atoms with E-state index in [2.05, 4.69) is 178 Å². The van der Waals surface area contributed by atoms with Crippen LogP contribution in [0, 0.1) is 5.92 Å². The van der Waals surface area contributed by atoms with Crippen LogP contribution in [0.2, 0.25) is 0 Å². The van der Waals surface area contributed by atoms with Gasteiger partial charge in [-0.3, -0.25) is 4.90 Å². The largest absolute Gasteiger partial charge is 0.315 e. The first-order valence-corrected chi connectivity index (χ1v) is 20.2. The number of fused-ring (bicyclic) bond motifs is 2. The standard InChI is InChI=1S/C53H48N4/c1-7-17-50(54-8-2)57(47-25-16-21-36-18-14-15-24-40(36)47)49-32-46(35(5)6)42-26-28-43-48(31-45(34(3)4)41-27-29-44(49)53(42)52(41)43)56(39-22-10-9-11-23-39)51-30-37-19-12-13-20-38(37)33-55-51/h7-26,28-35,49H,1,27H2,2-6H3/b50-17+,54-8?. The highest BCUT2D eigenvalue weighted by Gasteiger charge is 2.37. The number of para-hydroxylation sites is 1. The molecule has 0 saturated heterocycles. The number of hydrogen-bond donors (Lipinski definition) is 0. The summed E-state index contributed by atoms with van der Waals surface area (Å²) in [6.45, 7) is 15.4. The maximum absolute atomic E-state index is 5.13. The van der Waals surface area contributed by atoms with Crippen molar-refractivity contribution in [2.75, 3.05) is 9.80 Å². The summed E-state index contributed by atoms with van der Waals surface area (Å²) in [6.07, 6.45) is 13.6. The molecule has 2 aliphatic rings. The highest BCUT2D eigenvalue weighted by molar-refractivity contribution is 6.12. The van der Waals surface area contributed by atoms with Gasteiger partial charge < -0.3 is 4.90 Å². The number of pyridine rings is 1. The Hall–Kier alpha value is -6.52. The zero-order valence-electron chi connectivity index (χ0n) is 33.4. The maximum Gasteiger partial charge on any atom is 0.138 e. The van der Waals surface area contributed by atoms with Gasteiger partial charge in [0.05, 0.1) is 17.4 Å². The van der Waals surface area contributed by atoms with Gasteiger partial charge in [0.2, 0.25) is 0 Å². The van der Waals surface area contributed by atoms with Gasteiger partial charge in [-0.1, -0.05) is 143 Å². The van der Waals surface area contributed by atoms with Gasteiger partial charge in [-0.15, -0.1) is 0 Å². The summed E-state index contributed by atoms with van der Waals surface area (Å²) in [5.74, 6) is 2.35. The van der Waals surface area contributed by atoms with Crippen LogP contribution in [0.15, 0.2) is 169 Å². The predicted molar refractivity (Wildman–Crippen MR) is 245 cm³/mol. The fraction of sp³-hybridized carbons (Fsp3) is 0.170. The summed E-state index contributed by atoms with van der Waals surface area (Å²) in [5.41, 5.74) is 11.4. The summed E-state index contributed by atoms with van der Waals surface area (Å²) < 4.78 is 0. The lowest BCUT2D eigenvalue weighted by molar-refractivity contribution is 0.821. The third kappa shape index (κ3) is 6.17. The molecular formula is C53H48N4. The first kappa shape index (κ1) is 36.1. The molecule has 0 fully saturated rings. The van der Waals surface area contributed by atoms with E-state index in [9.17, 15) is 0 Å². The summed E-state index contributed by atoms with van der Waals surface area (Å²) in [7, 11) is 0. The SMILES string of the molecule is C=C/C=C(\N=CC)N(c1cccc2ccccc12)C1C=C(C(C)C)c2ccc3c(N(c4ccccc4)c4cc5ccccc5cn4)cc(C(C)C)c4c3c2C1=CC4. The second-order valence-electron chi connectivity index (χ2n) is 15.7. The maximum atomic E-state index is 5.13. The number of aliphatic imine (C=N–C) groups is 1. The minimum Gasteiger partial charge on any atom is -0.315 e. The van der Waals surface area contributed by atoms with Crippen molar-refractivity contribution in [3.63, 3.8) is 0 Å². The molecule has 0 spiro atoms. The van der Waals surface area contributed by atoms with Crippen molar-refractivity contribution in [3.8, 4) is 0 Å². The third-order valence-electron chi connectivity index (χ3n) is 11.6. The number of rotatable bonds is 10. The summed E-state index contributed by atoms with van der Waals surface area (Å²) in [4.78, 5) is 15.0. The van der Waals surface area contributed by atoms with Crippen LogP contribution in [0.3, 0.4) is 0 Å². The smallest absolute Gasteiger partial charge is 0.138 e. The monoisotopic (exact) mass is 740 g/mol. The van der Waals surface area contributed by atoms with Crippen molar-refractivity contribution < 1.29 is 0 Å². The highest BCUT2D eigenvalue weighted by Crippen LogP contribution is 2.52. The molecule has 1 aromatic heterocycles. The number of nitrogens with zero attached hydrogens (tertiary/aromatic N) is 4. The van der Waals surface area contributed by atoms with Gasteiger partial charge >= 0.3 is 0 Å². The molecule has 0 N–H and O–H groups in total. The molecule has 1 heterocycles. The van der Waals surface area contributed by atoms with Crippen molar-refractivity contribution in [2.45, 2.75) is 53.0 Å². The van der Waals surface area contributed by atoms with Gasteiger partial charge in [-0.25, -0.2) is 9.98 Å². The van der Waals surface area contributed by atoms with Crippen molar-refractivity contribution in [1.29, 1.82) is 0 Å². The Balaban J connectivity index is 1.35. The van der Waals surface area contributed by atoms with E-state index in [0.29, 0.717) is 11.8 Å². The molecule has 1 unspecified atom stereocenters. The van der Waals surface area contributed by atoms with Gasteiger partial charge in [-0.05, 0) is 111 Å². The average Bonchev–Trinajstić information content (AvgIpc) is 3.24. The van der Waals surface area contributed by atoms with Gasteiger partial charge in [0, 0.05) is 34.3 Å². The van der Waals surface area contributed by atoms with Crippen LogP contribution < -0.4 is 9.80 Å². The van der Waals surface area contributed by atoms with E-state index >= 15 is 0 Å². The fourth-order valence-corrected chi connectivity index (χ4v) is 9.12.